The molecule has 0 aromatic heterocycles. The van der Waals surface area contributed by atoms with Crippen molar-refractivity contribution in [1.29, 1.82) is 0 Å². The highest BCUT2D eigenvalue weighted by atomic mass is 16.6. The summed E-state index contributed by atoms with van der Waals surface area (Å²) < 4.78 is 10.6. The maximum Gasteiger partial charge on any atom is 0.334 e. The highest BCUT2D eigenvalue weighted by molar-refractivity contribution is 6.00. The number of carbonyl (C=O) groups is 2. The number of nitro groups is 1. The van der Waals surface area contributed by atoms with E-state index in [-0.39, 0.29) is 12.3 Å². The second-order valence-electron chi connectivity index (χ2n) is 8.70. The number of rotatable bonds is 9. The summed E-state index contributed by atoms with van der Waals surface area (Å²) in [6.45, 7) is 5.02. The zero-order chi connectivity index (χ0) is 25.5. The van der Waals surface area contributed by atoms with Gasteiger partial charge in [0.1, 0.15) is 6.61 Å². The fraction of sp³-hybridized carbons (Fsp3) is 0.333. The van der Waals surface area contributed by atoms with Crippen molar-refractivity contribution in [2.45, 2.75) is 32.7 Å². The van der Waals surface area contributed by atoms with E-state index in [1.807, 2.05) is 49.2 Å². The molecule has 2 aromatic carbocycles. The summed E-state index contributed by atoms with van der Waals surface area (Å²) in [7, 11) is 3.22. The Balaban J connectivity index is 1.84. The van der Waals surface area contributed by atoms with Crippen LogP contribution in [0.3, 0.4) is 0 Å². The van der Waals surface area contributed by atoms with Crippen LogP contribution in [0.25, 0.3) is 0 Å². The molecule has 184 valence electrons. The van der Waals surface area contributed by atoms with Crippen molar-refractivity contribution in [2.75, 3.05) is 27.3 Å². The van der Waals surface area contributed by atoms with E-state index in [0.29, 0.717) is 36.2 Å². The summed E-state index contributed by atoms with van der Waals surface area (Å²) >= 11 is 0. The van der Waals surface area contributed by atoms with Gasteiger partial charge in [-0.3, -0.25) is 15.0 Å². The number of allylic oxidation sites excluding steroid dienone is 2. The molecule has 0 heterocycles. The monoisotopic (exact) mass is 478 g/mol. The molecule has 0 amide bonds. The Morgan fingerprint density at radius 2 is 1.69 bits per heavy atom. The number of esters is 2. The molecular formula is C27H30N2O6. The zero-order valence-corrected chi connectivity index (χ0v) is 20.4. The molecule has 0 bridgehead atoms. The average molecular weight is 479 g/mol. The lowest BCUT2D eigenvalue weighted by atomic mass is 9.75. The van der Waals surface area contributed by atoms with Crippen molar-refractivity contribution in [3.63, 3.8) is 0 Å². The van der Waals surface area contributed by atoms with Gasteiger partial charge in [0.05, 0.1) is 12.0 Å². The second-order valence-corrected chi connectivity index (χ2v) is 8.70. The van der Waals surface area contributed by atoms with Crippen LogP contribution in [0.4, 0.5) is 5.69 Å². The van der Waals surface area contributed by atoms with E-state index >= 15 is 0 Å². The molecule has 0 aliphatic heterocycles. The predicted molar refractivity (Wildman–Crippen MR) is 132 cm³/mol. The Morgan fingerprint density at radius 1 is 1.03 bits per heavy atom. The first-order valence-electron chi connectivity index (χ1n) is 11.3. The fourth-order valence-electron chi connectivity index (χ4n) is 4.42. The second kappa shape index (κ2) is 11.6. The molecular weight excluding hydrogens is 448 g/mol. The molecule has 1 aliphatic rings. The lowest BCUT2D eigenvalue weighted by Gasteiger charge is -2.29. The Bertz CT molecular complexity index is 1170. The average Bonchev–Trinajstić information content (AvgIpc) is 2.83. The van der Waals surface area contributed by atoms with Crippen LogP contribution in [0.5, 0.6) is 0 Å². The summed E-state index contributed by atoms with van der Waals surface area (Å²) in [5.41, 5.74) is 3.64. The lowest BCUT2D eigenvalue weighted by molar-refractivity contribution is -0.384. The summed E-state index contributed by atoms with van der Waals surface area (Å²) in [5.74, 6) is -1.92. The Kier molecular flexibility index (Phi) is 8.54. The molecule has 0 radical (unpaired) electrons. The Morgan fingerprint density at radius 3 is 2.31 bits per heavy atom. The van der Waals surface area contributed by atoms with Crippen LogP contribution in [0.15, 0.2) is 76.9 Å². The molecule has 0 spiro atoms. The molecule has 2 aromatic rings. The number of benzene rings is 2. The van der Waals surface area contributed by atoms with Crippen molar-refractivity contribution in [1.82, 2.24) is 4.90 Å². The van der Waals surface area contributed by atoms with Gasteiger partial charge in [0.15, 0.2) is 0 Å². The smallest absolute Gasteiger partial charge is 0.334 e. The topological polar surface area (TPSA) is 99.0 Å². The third kappa shape index (κ3) is 6.22. The summed E-state index contributed by atoms with van der Waals surface area (Å²) in [6.07, 6.45) is 0.411. The van der Waals surface area contributed by atoms with Gasteiger partial charge in [0, 0.05) is 42.3 Å². The number of carbonyl (C=O) groups excluding carboxylic acids is 2. The number of hydrogen-bond acceptors (Lipinski definition) is 7. The molecule has 3 rings (SSSR count). The third-order valence-electron chi connectivity index (χ3n) is 6.07. The fourth-order valence-corrected chi connectivity index (χ4v) is 4.42. The minimum Gasteiger partial charge on any atom is -0.466 e. The van der Waals surface area contributed by atoms with E-state index < -0.39 is 22.8 Å². The van der Waals surface area contributed by atoms with Crippen molar-refractivity contribution in [3.05, 3.63) is 98.1 Å². The predicted octanol–water partition coefficient (Wildman–Crippen LogP) is 4.56. The van der Waals surface area contributed by atoms with Gasteiger partial charge < -0.3 is 9.47 Å². The van der Waals surface area contributed by atoms with Gasteiger partial charge in [0.2, 0.25) is 0 Å². The van der Waals surface area contributed by atoms with Crippen LogP contribution in [0, 0.1) is 10.1 Å². The van der Waals surface area contributed by atoms with E-state index in [9.17, 15) is 19.7 Å². The number of methoxy groups -OCH3 is 1. The van der Waals surface area contributed by atoms with Crippen LogP contribution in [-0.2, 0) is 25.6 Å². The quantitative estimate of drug-likeness (QED) is 0.296. The van der Waals surface area contributed by atoms with Gasteiger partial charge in [-0.05, 0) is 38.4 Å². The molecule has 1 atom stereocenters. The minimum absolute atomic E-state index is 0.122. The van der Waals surface area contributed by atoms with E-state index in [1.54, 1.807) is 19.1 Å². The van der Waals surface area contributed by atoms with E-state index in [1.165, 1.54) is 19.2 Å². The highest BCUT2D eigenvalue weighted by Crippen LogP contribution is 2.43. The summed E-state index contributed by atoms with van der Waals surface area (Å²) in [4.78, 5) is 39.0. The molecule has 0 saturated heterocycles. The number of non-ortho nitro benzene ring substituents is 1. The number of nitro benzene ring substituents is 1. The van der Waals surface area contributed by atoms with Crippen LogP contribution in [-0.4, -0.2) is 49.1 Å². The molecule has 35 heavy (non-hydrogen) atoms. The summed E-state index contributed by atoms with van der Waals surface area (Å²) in [6, 6.07) is 16.0. The van der Waals surface area contributed by atoms with Gasteiger partial charge in [-0.2, -0.15) is 0 Å². The third-order valence-corrected chi connectivity index (χ3v) is 6.07. The molecule has 8 nitrogen and oxygen atoms in total. The Hall–Kier alpha value is -3.78. The van der Waals surface area contributed by atoms with E-state index in [2.05, 4.69) is 0 Å². The molecule has 1 aliphatic carbocycles. The number of nitrogens with zero attached hydrogens (tertiary/aromatic N) is 2. The van der Waals surface area contributed by atoms with Crippen LogP contribution in [0.2, 0.25) is 0 Å². The molecule has 0 fully saturated rings. The molecule has 0 N–H and O–H groups in total. The van der Waals surface area contributed by atoms with Gasteiger partial charge in [0.25, 0.3) is 5.69 Å². The van der Waals surface area contributed by atoms with Crippen molar-refractivity contribution in [3.8, 4) is 0 Å². The maximum atomic E-state index is 13.3. The number of hydrogen-bond donors (Lipinski definition) is 0. The highest BCUT2D eigenvalue weighted by Gasteiger charge is 2.37. The van der Waals surface area contributed by atoms with Crippen LogP contribution >= 0.6 is 0 Å². The molecule has 8 heteroatoms. The van der Waals surface area contributed by atoms with Crippen molar-refractivity contribution in [2.24, 2.45) is 0 Å². The first-order chi connectivity index (χ1) is 16.7. The minimum atomic E-state index is -0.814. The summed E-state index contributed by atoms with van der Waals surface area (Å²) in [5, 5.41) is 11.4. The van der Waals surface area contributed by atoms with Gasteiger partial charge >= 0.3 is 11.9 Å². The van der Waals surface area contributed by atoms with Crippen molar-refractivity contribution < 1.29 is 24.0 Å². The van der Waals surface area contributed by atoms with Gasteiger partial charge in [-0.1, -0.05) is 53.6 Å². The molecule has 0 saturated carbocycles. The Labute approximate surface area is 205 Å². The number of ether oxygens (including phenoxy) is 2. The maximum absolute atomic E-state index is 13.3. The largest absolute Gasteiger partial charge is 0.466 e. The zero-order valence-electron chi connectivity index (χ0n) is 20.4. The number of likely N-dealkylation sites (N-methyl/N-ethyl adjacent to an activating group) is 1. The first-order valence-corrected chi connectivity index (χ1v) is 11.3. The van der Waals surface area contributed by atoms with Crippen LogP contribution < -0.4 is 0 Å². The van der Waals surface area contributed by atoms with Crippen LogP contribution in [0.1, 0.15) is 37.3 Å². The van der Waals surface area contributed by atoms with Gasteiger partial charge in [-0.25, -0.2) is 9.59 Å². The SMILES string of the molecule is COC(=O)C1=C(C)CC(C)=C(C(=O)OCCN(C)Cc2ccccc2)C1c1cccc([N+](=O)[O-])c1. The normalized spacial score (nSPS) is 15.9. The standard InChI is InChI=1S/C27H30N2O6/c1-18-15-19(2)24(27(31)35-14-13-28(3)17-20-9-6-5-7-10-20)25(23(18)26(30)34-4)21-11-8-12-22(16-21)29(32)33/h5-12,16,25H,13-15,17H2,1-4H3. The van der Waals surface area contributed by atoms with E-state index in [4.69, 9.17) is 9.47 Å². The molecule has 1 unspecified atom stereocenters. The van der Waals surface area contributed by atoms with Gasteiger partial charge in [-0.15, -0.1) is 0 Å². The first kappa shape index (κ1) is 25.8. The van der Waals surface area contributed by atoms with Crippen molar-refractivity contribution >= 4 is 17.6 Å². The van der Waals surface area contributed by atoms with E-state index in [0.717, 1.165) is 16.7 Å². The lowest BCUT2D eigenvalue weighted by Crippen LogP contribution is -2.28.